The summed E-state index contributed by atoms with van der Waals surface area (Å²) in [4.78, 5) is 0. The molecule has 2 aromatic rings. The number of halogens is 1. The number of anilines is 1. The lowest BCUT2D eigenvalue weighted by Gasteiger charge is -2.15. The van der Waals surface area contributed by atoms with Crippen LogP contribution in [0.1, 0.15) is 0 Å². The molecule has 0 saturated carbocycles. The Bertz CT molecular complexity index is 621. The first-order valence-corrected chi connectivity index (χ1v) is 6.91. The minimum absolute atomic E-state index is 0.510. The van der Waals surface area contributed by atoms with Crippen LogP contribution < -0.4 is 24.7 Å². The maximum Gasteiger partial charge on any atom is 0.203 e. The number of hydrogen-bond acceptors (Lipinski definition) is 5. The molecule has 0 aromatic heterocycles. The van der Waals surface area contributed by atoms with Crippen molar-refractivity contribution in [2.45, 2.75) is 0 Å². The zero-order valence-corrected chi connectivity index (χ0v) is 13.6. The molecule has 21 heavy (non-hydrogen) atoms. The standard InChI is InChI=1S/C15H16BrNO4/c1-18-13-7-10(8-14(19-2)15(13)20-3)21-12-5-4-9(16)6-11(12)17/h4-8H,17H2,1-3H3. The molecule has 0 fully saturated rings. The van der Waals surface area contributed by atoms with Crippen molar-refractivity contribution in [2.24, 2.45) is 0 Å². The number of rotatable bonds is 5. The molecule has 0 radical (unpaired) electrons. The van der Waals surface area contributed by atoms with E-state index in [0.717, 1.165) is 4.47 Å². The number of benzene rings is 2. The van der Waals surface area contributed by atoms with Gasteiger partial charge < -0.3 is 24.7 Å². The van der Waals surface area contributed by atoms with E-state index in [-0.39, 0.29) is 0 Å². The van der Waals surface area contributed by atoms with Crippen LogP contribution in [0.2, 0.25) is 0 Å². The van der Waals surface area contributed by atoms with Crippen molar-refractivity contribution < 1.29 is 18.9 Å². The van der Waals surface area contributed by atoms with Crippen LogP contribution in [0.3, 0.4) is 0 Å². The summed E-state index contributed by atoms with van der Waals surface area (Å²) in [6.07, 6.45) is 0. The second kappa shape index (κ2) is 6.58. The van der Waals surface area contributed by atoms with E-state index >= 15 is 0 Å². The van der Waals surface area contributed by atoms with Gasteiger partial charge >= 0.3 is 0 Å². The van der Waals surface area contributed by atoms with E-state index in [4.69, 9.17) is 24.7 Å². The van der Waals surface area contributed by atoms with Crippen LogP contribution in [0.5, 0.6) is 28.7 Å². The monoisotopic (exact) mass is 353 g/mol. The number of nitrogens with two attached hydrogens (primary N) is 1. The molecule has 2 aromatic carbocycles. The molecule has 0 saturated heterocycles. The summed E-state index contributed by atoms with van der Waals surface area (Å²) in [5, 5.41) is 0. The Morgan fingerprint density at radius 2 is 1.48 bits per heavy atom. The maximum atomic E-state index is 5.92. The molecule has 5 nitrogen and oxygen atoms in total. The van der Waals surface area contributed by atoms with Crippen molar-refractivity contribution in [1.29, 1.82) is 0 Å². The third-order valence-corrected chi connectivity index (χ3v) is 3.33. The van der Waals surface area contributed by atoms with Crippen molar-refractivity contribution in [1.82, 2.24) is 0 Å². The molecule has 0 amide bonds. The molecule has 0 spiro atoms. The van der Waals surface area contributed by atoms with Gasteiger partial charge in [0.1, 0.15) is 11.5 Å². The zero-order valence-electron chi connectivity index (χ0n) is 12.0. The third kappa shape index (κ3) is 3.33. The molecule has 6 heteroatoms. The molecule has 0 atom stereocenters. The molecule has 0 unspecified atom stereocenters. The van der Waals surface area contributed by atoms with E-state index in [1.807, 2.05) is 6.07 Å². The number of nitrogen functional groups attached to an aromatic ring is 1. The van der Waals surface area contributed by atoms with E-state index in [2.05, 4.69) is 15.9 Å². The topological polar surface area (TPSA) is 62.9 Å². The molecule has 0 aliphatic heterocycles. The quantitative estimate of drug-likeness (QED) is 0.827. The normalized spacial score (nSPS) is 10.1. The fraction of sp³-hybridized carbons (Fsp3) is 0.200. The first kappa shape index (κ1) is 15.3. The minimum atomic E-state index is 0.510. The van der Waals surface area contributed by atoms with Crippen LogP contribution in [-0.4, -0.2) is 21.3 Å². The number of ether oxygens (including phenoxy) is 4. The Morgan fingerprint density at radius 3 is 1.95 bits per heavy atom. The highest BCUT2D eigenvalue weighted by molar-refractivity contribution is 9.10. The summed E-state index contributed by atoms with van der Waals surface area (Å²) in [6.45, 7) is 0. The highest BCUT2D eigenvalue weighted by atomic mass is 79.9. The van der Waals surface area contributed by atoms with Crippen LogP contribution >= 0.6 is 15.9 Å². The fourth-order valence-corrected chi connectivity index (χ4v) is 2.23. The average molecular weight is 354 g/mol. The van der Waals surface area contributed by atoms with E-state index in [9.17, 15) is 0 Å². The van der Waals surface area contributed by atoms with Gasteiger partial charge in [-0.25, -0.2) is 0 Å². The lowest BCUT2D eigenvalue weighted by molar-refractivity contribution is 0.321. The number of hydrogen-bond donors (Lipinski definition) is 1. The summed E-state index contributed by atoms with van der Waals surface area (Å²) in [7, 11) is 4.65. The van der Waals surface area contributed by atoms with Crippen LogP contribution in [0.15, 0.2) is 34.8 Å². The van der Waals surface area contributed by atoms with Crippen molar-refractivity contribution >= 4 is 21.6 Å². The Labute approximate surface area is 131 Å². The molecule has 112 valence electrons. The molecule has 0 heterocycles. The smallest absolute Gasteiger partial charge is 0.203 e. The van der Waals surface area contributed by atoms with Gasteiger partial charge in [-0.1, -0.05) is 15.9 Å². The van der Waals surface area contributed by atoms with Gasteiger partial charge in [-0.2, -0.15) is 0 Å². The highest BCUT2D eigenvalue weighted by Gasteiger charge is 2.15. The van der Waals surface area contributed by atoms with Gasteiger partial charge in [-0.05, 0) is 18.2 Å². The van der Waals surface area contributed by atoms with Crippen molar-refractivity contribution in [2.75, 3.05) is 27.1 Å². The SMILES string of the molecule is COc1cc(Oc2ccc(Br)cc2N)cc(OC)c1OC. The van der Waals surface area contributed by atoms with Crippen LogP contribution in [0.25, 0.3) is 0 Å². The summed E-state index contributed by atoms with van der Waals surface area (Å²) in [5.74, 6) is 2.63. The molecule has 0 bridgehead atoms. The predicted molar refractivity (Wildman–Crippen MR) is 84.7 cm³/mol. The lowest BCUT2D eigenvalue weighted by Crippen LogP contribution is -1.97. The molecule has 2 N–H and O–H groups in total. The van der Waals surface area contributed by atoms with Gasteiger partial charge in [0.05, 0.1) is 27.0 Å². The van der Waals surface area contributed by atoms with E-state index in [0.29, 0.717) is 34.4 Å². The average Bonchev–Trinajstić information content (AvgIpc) is 2.49. The first-order chi connectivity index (χ1) is 10.1. The Balaban J connectivity index is 2.40. The molecule has 0 aliphatic rings. The molecular weight excluding hydrogens is 338 g/mol. The van der Waals surface area contributed by atoms with Crippen LogP contribution in [-0.2, 0) is 0 Å². The van der Waals surface area contributed by atoms with E-state index < -0.39 is 0 Å². The van der Waals surface area contributed by atoms with Gasteiger partial charge in [-0.15, -0.1) is 0 Å². The van der Waals surface area contributed by atoms with Crippen molar-refractivity contribution in [3.8, 4) is 28.7 Å². The first-order valence-electron chi connectivity index (χ1n) is 6.12. The summed E-state index contributed by atoms with van der Waals surface area (Å²) in [6, 6.07) is 8.82. The summed E-state index contributed by atoms with van der Waals surface area (Å²) in [5.41, 5.74) is 6.45. The minimum Gasteiger partial charge on any atom is -0.493 e. The van der Waals surface area contributed by atoms with E-state index in [1.54, 1.807) is 45.6 Å². The Morgan fingerprint density at radius 1 is 0.857 bits per heavy atom. The van der Waals surface area contributed by atoms with E-state index in [1.165, 1.54) is 0 Å². The van der Waals surface area contributed by atoms with Crippen molar-refractivity contribution in [3.63, 3.8) is 0 Å². The Kier molecular flexibility index (Phi) is 4.80. The van der Waals surface area contributed by atoms with Gasteiger partial charge in [0.2, 0.25) is 5.75 Å². The van der Waals surface area contributed by atoms with Gasteiger partial charge in [0.25, 0.3) is 0 Å². The second-order valence-electron chi connectivity index (χ2n) is 4.15. The second-order valence-corrected chi connectivity index (χ2v) is 5.06. The van der Waals surface area contributed by atoms with Crippen LogP contribution in [0.4, 0.5) is 5.69 Å². The lowest BCUT2D eigenvalue weighted by atomic mass is 10.2. The summed E-state index contributed by atoms with van der Waals surface area (Å²) >= 11 is 3.35. The van der Waals surface area contributed by atoms with Crippen molar-refractivity contribution in [3.05, 3.63) is 34.8 Å². The summed E-state index contributed by atoms with van der Waals surface area (Å²) < 4.78 is 22.5. The largest absolute Gasteiger partial charge is 0.493 e. The number of methoxy groups -OCH3 is 3. The highest BCUT2D eigenvalue weighted by Crippen LogP contribution is 2.42. The molecular formula is C15H16BrNO4. The fourth-order valence-electron chi connectivity index (χ4n) is 1.86. The van der Waals surface area contributed by atoms with Crippen LogP contribution in [0, 0.1) is 0 Å². The predicted octanol–water partition coefficient (Wildman–Crippen LogP) is 3.85. The maximum absolute atomic E-state index is 5.92. The van der Waals surface area contributed by atoms with Gasteiger partial charge in [0, 0.05) is 16.6 Å². The van der Waals surface area contributed by atoms with Gasteiger partial charge in [-0.3, -0.25) is 0 Å². The van der Waals surface area contributed by atoms with Gasteiger partial charge in [0.15, 0.2) is 11.5 Å². The zero-order chi connectivity index (χ0) is 15.4. The Hall–Kier alpha value is -2.08. The third-order valence-electron chi connectivity index (χ3n) is 2.84. The molecule has 2 rings (SSSR count). The molecule has 0 aliphatic carbocycles.